The summed E-state index contributed by atoms with van der Waals surface area (Å²) in [5.41, 5.74) is 11.2. The number of rotatable bonds is 2. The summed E-state index contributed by atoms with van der Waals surface area (Å²) in [6.45, 7) is 5.47. The summed E-state index contributed by atoms with van der Waals surface area (Å²) < 4.78 is 30.3. The van der Waals surface area contributed by atoms with Gasteiger partial charge < -0.3 is 55.2 Å². The summed E-state index contributed by atoms with van der Waals surface area (Å²) in [6.07, 6.45) is 0.682. The van der Waals surface area contributed by atoms with Crippen molar-refractivity contribution < 1.29 is 43.5 Å². The van der Waals surface area contributed by atoms with Crippen molar-refractivity contribution in [2.45, 2.75) is 62.7 Å². The molecule has 0 spiro atoms. The fourth-order valence-corrected chi connectivity index (χ4v) is 10.6. The summed E-state index contributed by atoms with van der Waals surface area (Å²) >= 11 is 1.60. The fraction of sp³-hybridized carbons (Fsp3) is 0.421. The minimum Gasteiger partial charge on any atom is -0.504 e. The van der Waals surface area contributed by atoms with Crippen LogP contribution >= 0.6 is 11.8 Å². The Morgan fingerprint density at radius 3 is 2.72 bits per heavy atom. The maximum atomic E-state index is 14.2. The van der Waals surface area contributed by atoms with E-state index >= 15 is 0 Å². The van der Waals surface area contributed by atoms with Crippen LogP contribution in [0.3, 0.4) is 0 Å². The van der Waals surface area contributed by atoms with Gasteiger partial charge in [-0.15, -0.1) is 11.8 Å². The first-order valence-electron chi connectivity index (χ1n) is 17.7. The molecule has 7 aliphatic rings. The minimum absolute atomic E-state index is 0.00482. The van der Waals surface area contributed by atoms with Crippen molar-refractivity contribution in [3.8, 4) is 28.7 Å². The zero-order valence-electron chi connectivity index (χ0n) is 29.8. The molecule has 4 aromatic rings. The van der Waals surface area contributed by atoms with Crippen LogP contribution in [0.5, 0.6) is 28.7 Å². The number of H-pyrrole nitrogens is 1. The predicted octanol–water partition coefficient (Wildman–Crippen LogP) is 3.78. The largest absolute Gasteiger partial charge is 0.504 e. The summed E-state index contributed by atoms with van der Waals surface area (Å²) in [5, 5.41) is 32.3. The molecule has 14 nitrogen and oxygen atoms in total. The number of ether oxygens (including phenoxy) is 5. The lowest BCUT2D eigenvalue weighted by molar-refractivity contribution is -0.183. The van der Waals surface area contributed by atoms with E-state index in [1.54, 1.807) is 17.8 Å². The number of thioether (sulfide) groups is 1. The molecule has 0 amide bonds. The van der Waals surface area contributed by atoms with E-state index in [2.05, 4.69) is 15.6 Å². The van der Waals surface area contributed by atoms with Gasteiger partial charge in [-0.3, -0.25) is 9.69 Å². The molecule has 15 heteroatoms. The van der Waals surface area contributed by atoms with Gasteiger partial charge in [0, 0.05) is 77.2 Å². The number of piperazine rings is 1. The van der Waals surface area contributed by atoms with Crippen LogP contribution in [0.4, 0.5) is 5.69 Å². The lowest BCUT2D eigenvalue weighted by Crippen LogP contribution is -2.69. The monoisotopic (exact) mass is 743 g/mol. The average Bonchev–Trinajstić information content (AvgIpc) is 3.69. The number of aryl methyl sites for hydroxylation is 1. The van der Waals surface area contributed by atoms with Gasteiger partial charge in [0.25, 0.3) is 0 Å². The minimum atomic E-state index is -1.53. The number of carbonyl (C=O) groups excluding carboxylic acids is 2. The number of aromatic amines is 1. The molecule has 7 N–H and O–H groups in total. The zero-order valence-corrected chi connectivity index (χ0v) is 30.6. The van der Waals surface area contributed by atoms with Crippen molar-refractivity contribution in [1.29, 1.82) is 0 Å². The molecule has 4 bridgehead atoms. The van der Waals surface area contributed by atoms with Crippen LogP contribution in [0.15, 0.2) is 24.3 Å². The Hall–Kier alpha value is -4.67. The number of methoxy groups -OCH3 is 1. The Morgan fingerprint density at radius 1 is 1.11 bits per heavy atom. The Bertz CT molecular complexity index is 2220. The van der Waals surface area contributed by atoms with E-state index in [1.807, 2.05) is 36.9 Å². The number of aliphatic hydroxyl groups is 1. The molecule has 0 radical (unpaired) electrons. The zero-order chi connectivity index (χ0) is 36.9. The van der Waals surface area contributed by atoms with E-state index in [0.717, 1.165) is 27.6 Å². The Balaban J connectivity index is 1.29. The highest BCUT2D eigenvalue weighted by Gasteiger charge is 2.61. The lowest BCUT2D eigenvalue weighted by Gasteiger charge is -2.58. The van der Waals surface area contributed by atoms with Crippen molar-refractivity contribution in [2.24, 2.45) is 0 Å². The van der Waals surface area contributed by atoms with Gasteiger partial charge in [0.15, 0.2) is 23.0 Å². The van der Waals surface area contributed by atoms with Crippen LogP contribution in [0, 0.1) is 13.8 Å². The van der Waals surface area contributed by atoms with Gasteiger partial charge in [-0.2, -0.15) is 0 Å². The number of carbonyl (C=O) groups is 2. The number of hydrogen-bond acceptors (Lipinski definition) is 14. The average molecular weight is 744 g/mol. The van der Waals surface area contributed by atoms with Crippen molar-refractivity contribution in [1.82, 2.24) is 20.5 Å². The van der Waals surface area contributed by atoms with Gasteiger partial charge in [0.2, 0.25) is 6.79 Å². The second kappa shape index (κ2) is 12.5. The number of aromatic hydroxyl groups is 1. The maximum Gasteiger partial charge on any atom is 0.355 e. The van der Waals surface area contributed by atoms with Crippen LogP contribution < -0.4 is 35.3 Å². The van der Waals surface area contributed by atoms with Gasteiger partial charge in [-0.1, -0.05) is 6.07 Å². The smallest absolute Gasteiger partial charge is 0.355 e. The molecular weight excluding hydrogens is 703 g/mol. The van der Waals surface area contributed by atoms with Gasteiger partial charge in [0.05, 0.1) is 24.4 Å². The van der Waals surface area contributed by atoms with Crippen molar-refractivity contribution in [3.05, 3.63) is 68.9 Å². The van der Waals surface area contributed by atoms with E-state index in [-0.39, 0.29) is 32.1 Å². The highest BCUT2D eigenvalue weighted by molar-refractivity contribution is 7.99. The molecular formula is C38H41N5O9S. The first-order valence-corrected chi connectivity index (χ1v) is 18.7. The summed E-state index contributed by atoms with van der Waals surface area (Å²) in [7, 11) is 1.52. The van der Waals surface area contributed by atoms with Crippen LogP contribution in [-0.2, 0) is 22.4 Å². The molecule has 278 valence electrons. The molecule has 11 rings (SSSR count). The molecule has 0 aliphatic carbocycles. The molecule has 3 aromatic carbocycles. The van der Waals surface area contributed by atoms with Crippen LogP contribution in [0.25, 0.3) is 10.9 Å². The van der Waals surface area contributed by atoms with E-state index in [0.29, 0.717) is 75.5 Å². The van der Waals surface area contributed by atoms with E-state index < -0.39 is 41.0 Å². The number of benzene rings is 3. The quantitative estimate of drug-likeness (QED) is 0.0989. The van der Waals surface area contributed by atoms with Crippen LogP contribution in [-0.4, -0.2) is 83.3 Å². The van der Waals surface area contributed by atoms with Crippen molar-refractivity contribution in [2.75, 3.05) is 45.2 Å². The number of aromatic nitrogens is 1. The van der Waals surface area contributed by atoms with E-state index in [1.165, 1.54) is 14.0 Å². The topological polar surface area (TPSA) is 190 Å². The molecule has 7 aliphatic heterocycles. The highest BCUT2D eigenvalue weighted by atomic mass is 32.2. The van der Waals surface area contributed by atoms with Crippen LogP contribution in [0.2, 0.25) is 0 Å². The molecule has 1 aromatic heterocycles. The second-order valence-electron chi connectivity index (χ2n) is 14.4. The number of fused-ring (bicyclic) bond motifs is 9. The number of esters is 2. The van der Waals surface area contributed by atoms with Gasteiger partial charge in [-0.25, -0.2) is 4.79 Å². The normalized spacial score (nSPS) is 27.2. The molecule has 8 heterocycles. The molecule has 1 unspecified atom stereocenters. The summed E-state index contributed by atoms with van der Waals surface area (Å²) in [4.78, 5) is 32.3. The Labute approximate surface area is 309 Å². The van der Waals surface area contributed by atoms with E-state index in [9.17, 15) is 19.8 Å². The standard InChI is InChI=1S/C38H41N5O9S/c1-16-9-19-11-38(47)13-41-29(25(19)31(45)32(16)48-4)30-36-27-26(35-34(50-15-51-35)17(2)33(27)52-18(3)44)24(43(30)38)12-49-37(46)28-21(7-8-40-14-53-36)22-10-20(39)5-6-23(22)42-28/h5-6,9-10,24,29-30,36,40-42,45,47H,7-8,11-15,39H2,1-4H3/t24-,29+,30+,36+,38-/m0/s1. The number of nitrogens with zero attached hydrogens (tertiary/aromatic N) is 1. The Morgan fingerprint density at radius 2 is 1.92 bits per heavy atom. The number of anilines is 1. The third kappa shape index (κ3) is 5.08. The third-order valence-electron chi connectivity index (χ3n) is 11.3. The first kappa shape index (κ1) is 34.1. The Kier molecular flexibility index (Phi) is 8.02. The highest BCUT2D eigenvalue weighted by Crippen LogP contribution is 2.63. The third-order valence-corrected chi connectivity index (χ3v) is 12.6. The number of nitrogen functional groups attached to an aromatic ring is 1. The summed E-state index contributed by atoms with van der Waals surface area (Å²) in [5.74, 6) is 0.974. The number of nitrogens with one attached hydrogen (secondary N) is 3. The summed E-state index contributed by atoms with van der Waals surface area (Å²) in [6, 6.07) is 5.57. The van der Waals surface area contributed by atoms with Crippen molar-refractivity contribution >= 4 is 40.3 Å². The van der Waals surface area contributed by atoms with Crippen LogP contribution in [0.1, 0.15) is 73.7 Å². The second-order valence-corrected chi connectivity index (χ2v) is 15.5. The first-order chi connectivity index (χ1) is 25.5. The fourth-order valence-electron chi connectivity index (χ4n) is 9.30. The molecule has 0 saturated carbocycles. The SMILES string of the molecule is COc1c(C)cc2c(c1O)[C@H]1NC[C@@](O)(C2)N2[C@H]1[C@@H]1SCNCCc3c([nH]c4ccc(N)cc34)C(=O)OC[C@H]2c2c3c(c(C)c(OC(C)=O)c21)OCO3. The lowest BCUT2D eigenvalue weighted by atomic mass is 9.78. The van der Waals surface area contributed by atoms with E-state index in [4.69, 9.17) is 29.4 Å². The predicted molar refractivity (Wildman–Crippen MR) is 196 cm³/mol. The number of phenolic OH excluding ortho intramolecular Hbond substituents is 1. The molecule has 53 heavy (non-hydrogen) atoms. The van der Waals surface area contributed by atoms with Crippen molar-refractivity contribution in [3.63, 3.8) is 0 Å². The van der Waals surface area contributed by atoms with Gasteiger partial charge in [-0.05, 0) is 55.2 Å². The number of phenols is 1. The molecule has 1 saturated heterocycles. The maximum absolute atomic E-state index is 14.2. The van der Waals surface area contributed by atoms with Gasteiger partial charge in [0.1, 0.15) is 23.8 Å². The number of nitrogens with two attached hydrogens (primary N) is 1. The number of hydrogen-bond donors (Lipinski definition) is 6. The molecule has 6 atom stereocenters. The van der Waals surface area contributed by atoms with Gasteiger partial charge >= 0.3 is 11.9 Å². The molecule has 1 fully saturated rings.